The van der Waals surface area contributed by atoms with E-state index in [1.807, 2.05) is 6.92 Å². The third-order valence-corrected chi connectivity index (χ3v) is 2.15. The zero-order chi connectivity index (χ0) is 10.0. The second-order valence-electron chi connectivity index (χ2n) is 3.17. The topological polar surface area (TPSA) is 17.1 Å². The van der Waals surface area contributed by atoms with E-state index in [1.54, 1.807) is 13.0 Å². The number of carbonyl (C=O) groups is 1. The van der Waals surface area contributed by atoms with Gasteiger partial charge in [0.25, 0.3) is 0 Å². The summed E-state index contributed by atoms with van der Waals surface area (Å²) >= 11 is 0. The molecule has 0 atom stereocenters. The van der Waals surface area contributed by atoms with E-state index in [9.17, 15) is 9.18 Å². The Morgan fingerprint density at radius 2 is 2.08 bits per heavy atom. The number of hydrogen-bond donors (Lipinski definition) is 0. The quantitative estimate of drug-likeness (QED) is 0.639. The Bertz CT molecular complexity index is 342. The first-order valence-corrected chi connectivity index (χ1v) is 4.36. The molecular weight excluding hydrogens is 167 g/mol. The molecule has 70 valence electrons. The van der Waals surface area contributed by atoms with Crippen LogP contribution in [0.5, 0.6) is 0 Å². The maximum Gasteiger partial charge on any atom is 0.160 e. The van der Waals surface area contributed by atoms with Gasteiger partial charge in [0.05, 0.1) is 0 Å². The highest BCUT2D eigenvalue weighted by molar-refractivity contribution is 5.95. The van der Waals surface area contributed by atoms with E-state index in [1.165, 1.54) is 13.0 Å². The number of carbonyl (C=O) groups excluding carboxylic acids is 1. The molecular formula is C11H13FO. The number of Topliss-reactive ketones (excluding diaryl/α,β-unsaturated/α-hetero) is 1. The Balaban J connectivity index is 3.30. The average Bonchev–Trinajstić information content (AvgIpc) is 2.03. The molecule has 1 nitrogen and oxygen atoms in total. The van der Waals surface area contributed by atoms with Crippen molar-refractivity contribution in [1.29, 1.82) is 0 Å². The van der Waals surface area contributed by atoms with Gasteiger partial charge in [0, 0.05) is 5.56 Å². The fraction of sp³-hybridized carbons (Fsp3) is 0.364. The summed E-state index contributed by atoms with van der Waals surface area (Å²) in [7, 11) is 0. The van der Waals surface area contributed by atoms with E-state index < -0.39 is 0 Å². The SMILES string of the molecule is CCc1cc(C(C)=O)c(C)cc1F. The van der Waals surface area contributed by atoms with Crippen LogP contribution in [0.15, 0.2) is 12.1 Å². The number of ketones is 1. The van der Waals surface area contributed by atoms with Crippen molar-refractivity contribution in [2.75, 3.05) is 0 Å². The van der Waals surface area contributed by atoms with E-state index in [0.29, 0.717) is 23.1 Å². The van der Waals surface area contributed by atoms with Gasteiger partial charge in [0.2, 0.25) is 0 Å². The molecule has 1 aromatic rings. The molecule has 0 saturated heterocycles. The number of halogens is 1. The lowest BCUT2D eigenvalue weighted by atomic mass is 10.0. The monoisotopic (exact) mass is 180 g/mol. The zero-order valence-electron chi connectivity index (χ0n) is 8.15. The lowest BCUT2D eigenvalue weighted by Crippen LogP contribution is -2.00. The van der Waals surface area contributed by atoms with Crippen molar-refractivity contribution in [3.05, 3.63) is 34.6 Å². The molecule has 0 fully saturated rings. The predicted octanol–water partition coefficient (Wildman–Crippen LogP) is 2.90. The van der Waals surface area contributed by atoms with Crippen molar-refractivity contribution in [2.24, 2.45) is 0 Å². The molecule has 0 bridgehead atoms. The molecule has 2 heteroatoms. The summed E-state index contributed by atoms with van der Waals surface area (Å²) in [5.74, 6) is -0.225. The molecule has 0 radical (unpaired) electrons. The Hall–Kier alpha value is -1.18. The summed E-state index contributed by atoms with van der Waals surface area (Å²) in [5, 5.41) is 0. The lowest BCUT2D eigenvalue weighted by molar-refractivity contribution is 0.101. The molecule has 0 unspecified atom stereocenters. The Morgan fingerprint density at radius 3 is 2.54 bits per heavy atom. The molecule has 0 aliphatic carbocycles. The van der Waals surface area contributed by atoms with Gasteiger partial charge >= 0.3 is 0 Å². The van der Waals surface area contributed by atoms with E-state index in [2.05, 4.69) is 0 Å². The zero-order valence-corrected chi connectivity index (χ0v) is 8.15. The van der Waals surface area contributed by atoms with Crippen LogP contribution in [0.3, 0.4) is 0 Å². The van der Waals surface area contributed by atoms with Gasteiger partial charge in [-0.05, 0) is 43.5 Å². The molecule has 0 aromatic heterocycles. The molecule has 0 N–H and O–H groups in total. The molecule has 0 heterocycles. The first-order chi connectivity index (χ1) is 6.06. The molecule has 13 heavy (non-hydrogen) atoms. The number of hydrogen-bond acceptors (Lipinski definition) is 1. The fourth-order valence-corrected chi connectivity index (χ4v) is 1.37. The van der Waals surface area contributed by atoms with Crippen LogP contribution in [-0.2, 0) is 6.42 Å². The molecule has 0 aliphatic rings. The van der Waals surface area contributed by atoms with Crippen molar-refractivity contribution in [3.8, 4) is 0 Å². The van der Waals surface area contributed by atoms with E-state index in [-0.39, 0.29) is 11.6 Å². The second-order valence-corrected chi connectivity index (χ2v) is 3.17. The van der Waals surface area contributed by atoms with Crippen LogP contribution >= 0.6 is 0 Å². The Morgan fingerprint density at radius 1 is 1.46 bits per heavy atom. The maximum absolute atomic E-state index is 13.2. The standard InChI is InChI=1S/C11H13FO/c1-4-9-6-10(8(3)13)7(2)5-11(9)12/h5-6H,4H2,1-3H3. The summed E-state index contributed by atoms with van der Waals surface area (Å²) in [6, 6.07) is 3.07. The first-order valence-electron chi connectivity index (χ1n) is 4.36. The molecule has 1 aromatic carbocycles. The molecule has 1 rings (SSSR count). The van der Waals surface area contributed by atoms with Crippen LogP contribution in [0.25, 0.3) is 0 Å². The number of aryl methyl sites for hydroxylation is 2. The molecule has 0 aliphatic heterocycles. The van der Waals surface area contributed by atoms with Crippen LogP contribution in [0, 0.1) is 12.7 Å². The highest BCUT2D eigenvalue weighted by Gasteiger charge is 2.08. The predicted molar refractivity (Wildman–Crippen MR) is 50.5 cm³/mol. The third-order valence-electron chi connectivity index (χ3n) is 2.15. The van der Waals surface area contributed by atoms with Gasteiger partial charge in [-0.2, -0.15) is 0 Å². The van der Waals surface area contributed by atoms with Gasteiger partial charge in [0.15, 0.2) is 5.78 Å². The maximum atomic E-state index is 13.2. The van der Waals surface area contributed by atoms with E-state index in [4.69, 9.17) is 0 Å². The minimum Gasteiger partial charge on any atom is -0.295 e. The normalized spacial score (nSPS) is 10.2. The largest absolute Gasteiger partial charge is 0.295 e. The highest BCUT2D eigenvalue weighted by atomic mass is 19.1. The minimum atomic E-state index is -0.218. The second kappa shape index (κ2) is 3.69. The Kier molecular flexibility index (Phi) is 2.81. The summed E-state index contributed by atoms with van der Waals surface area (Å²) in [6.45, 7) is 5.12. The van der Waals surface area contributed by atoms with Gasteiger partial charge < -0.3 is 0 Å². The van der Waals surface area contributed by atoms with Crippen molar-refractivity contribution < 1.29 is 9.18 Å². The molecule has 0 amide bonds. The highest BCUT2D eigenvalue weighted by Crippen LogP contribution is 2.16. The van der Waals surface area contributed by atoms with Crippen LogP contribution in [-0.4, -0.2) is 5.78 Å². The lowest BCUT2D eigenvalue weighted by Gasteiger charge is -2.05. The van der Waals surface area contributed by atoms with Gasteiger partial charge in [-0.25, -0.2) is 4.39 Å². The summed E-state index contributed by atoms with van der Waals surface area (Å²) in [5.41, 5.74) is 1.94. The first kappa shape index (κ1) is 9.90. The van der Waals surface area contributed by atoms with Gasteiger partial charge in [-0.15, -0.1) is 0 Å². The van der Waals surface area contributed by atoms with Crippen LogP contribution in [0.4, 0.5) is 4.39 Å². The number of benzene rings is 1. The van der Waals surface area contributed by atoms with Crippen molar-refractivity contribution in [3.63, 3.8) is 0 Å². The van der Waals surface area contributed by atoms with E-state index >= 15 is 0 Å². The van der Waals surface area contributed by atoms with Crippen molar-refractivity contribution in [1.82, 2.24) is 0 Å². The van der Waals surface area contributed by atoms with Gasteiger partial charge in [-0.1, -0.05) is 6.92 Å². The van der Waals surface area contributed by atoms with Crippen LogP contribution < -0.4 is 0 Å². The molecule has 0 spiro atoms. The minimum absolute atomic E-state index is 0.00722. The van der Waals surface area contributed by atoms with Crippen molar-refractivity contribution in [2.45, 2.75) is 27.2 Å². The van der Waals surface area contributed by atoms with Crippen LogP contribution in [0.2, 0.25) is 0 Å². The van der Waals surface area contributed by atoms with E-state index in [0.717, 1.165) is 0 Å². The third kappa shape index (κ3) is 1.94. The molecule has 0 saturated carbocycles. The van der Waals surface area contributed by atoms with Gasteiger partial charge in [0.1, 0.15) is 5.82 Å². The van der Waals surface area contributed by atoms with Gasteiger partial charge in [-0.3, -0.25) is 4.79 Å². The fourth-order valence-electron chi connectivity index (χ4n) is 1.37. The summed E-state index contributed by atoms with van der Waals surface area (Å²) in [4.78, 5) is 11.1. The number of rotatable bonds is 2. The smallest absolute Gasteiger partial charge is 0.160 e. The summed E-state index contributed by atoms with van der Waals surface area (Å²) < 4.78 is 13.2. The Labute approximate surface area is 77.6 Å². The van der Waals surface area contributed by atoms with Crippen LogP contribution in [0.1, 0.15) is 35.3 Å². The summed E-state index contributed by atoms with van der Waals surface area (Å²) in [6.07, 6.45) is 0.617. The van der Waals surface area contributed by atoms with Crippen molar-refractivity contribution >= 4 is 5.78 Å². The average molecular weight is 180 g/mol.